The van der Waals surface area contributed by atoms with Gasteiger partial charge in [-0.1, -0.05) is 30.3 Å². The van der Waals surface area contributed by atoms with Gasteiger partial charge in [0.15, 0.2) is 0 Å². The van der Waals surface area contributed by atoms with Crippen molar-refractivity contribution in [3.63, 3.8) is 0 Å². The fraction of sp³-hybridized carbons (Fsp3) is 0.150. The summed E-state index contributed by atoms with van der Waals surface area (Å²) in [6.45, 7) is 3.82. The van der Waals surface area contributed by atoms with Gasteiger partial charge in [0.25, 0.3) is 15.9 Å². The lowest BCUT2D eigenvalue weighted by Crippen LogP contribution is -2.27. The van der Waals surface area contributed by atoms with Gasteiger partial charge in [-0.25, -0.2) is 8.42 Å². The average molecular weight is 417 g/mol. The predicted octanol–water partition coefficient (Wildman–Crippen LogP) is 4.05. The zero-order chi connectivity index (χ0) is 20.3. The number of phenolic OH excluding ortho intramolecular Hbond substituents is 1. The second-order valence-electron chi connectivity index (χ2n) is 6.32. The molecule has 0 aliphatic heterocycles. The fourth-order valence-corrected chi connectivity index (χ4v) is 4.88. The summed E-state index contributed by atoms with van der Waals surface area (Å²) in [5, 5.41) is 14.7. The summed E-state index contributed by atoms with van der Waals surface area (Å²) in [6.07, 6.45) is 0. The number of amides is 1. The van der Waals surface area contributed by atoms with Gasteiger partial charge in [0.2, 0.25) is 0 Å². The van der Waals surface area contributed by atoms with E-state index in [-0.39, 0.29) is 27.3 Å². The highest BCUT2D eigenvalue weighted by Gasteiger charge is 2.19. The Balaban J connectivity index is 1.75. The molecule has 8 heteroatoms. The highest BCUT2D eigenvalue weighted by atomic mass is 32.2. The van der Waals surface area contributed by atoms with Crippen LogP contribution in [0.5, 0.6) is 5.75 Å². The number of thiophene rings is 1. The first-order valence-electron chi connectivity index (χ1n) is 8.53. The van der Waals surface area contributed by atoms with Crippen molar-refractivity contribution in [3.05, 3.63) is 76.7 Å². The van der Waals surface area contributed by atoms with Crippen molar-refractivity contribution in [1.82, 2.24) is 5.32 Å². The molecule has 3 aromatic rings. The molecule has 1 heterocycles. The second-order valence-corrected chi connectivity index (χ2v) is 9.18. The highest BCUT2D eigenvalue weighted by Crippen LogP contribution is 2.26. The normalized spacial score (nSPS) is 12.4. The summed E-state index contributed by atoms with van der Waals surface area (Å²) in [7, 11) is -3.72. The lowest BCUT2D eigenvalue weighted by atomic mass is 10.0. The van der Waals surface area contributed by atoms with E-state index < -0.39 is 15.9 Å². The van der Waals surface area contributed by atoms with Crippen LogP contribution in [0.25, 0.3) is 0 Å². The molecule has 0 aliphatic carbocycles. The first-order valence-corrected chi connectivity index (χ1v) is 10.9. The zero-order valence-electron chi connectivity index (χ0n) is 15.3. The number of aromatic hydroxyl groups is 1. The second kappa shape index (κ2) is 8.04. The van der Waals surface area contributed by atoms with Crippen LogP contribution in [0.15, 0.2) is 64.2 Å². The first-order chi connectivity index (χ1) is 13.3. The number of benzene rings is 2. The van der Waals surface area contributed by atoms with E-state index in [2.05, 4.69) is 10.0 Å². The van der Waals surface area contributed by atoms with E-state index in [1.54, 1.807) is 11.4 Å². The number of hydrogen-bond acceptors (Lipinski definition) is 5. The Morgan fingerprint density at radius 1 is 1.11 bits per heavy atom. The Bertz CT molecular complexity index is 1090. The Labute approximate surface area is 167 Å². The lowest BCUT2D eigenvalue weighted by molar-refractivity contribution is 0.0937. The summed E-state index contributed by atoms with van der Waals surface area (Å²) in [5.41, 5.74) is 2.28. The van der Waals surface area contributed by atoms with E-state index in [0.29, 0.717) is 0 Å². The van der Waals surface area contributed by atoms with E-state index in [4.69, 9.17) is 0 Å². The van der Waals surface area contributed by atoms with Crippen molar-refractivity contribution < 1.29 is 18.3 Å². The summed E-state index contributed by atoms with van der Waals surface area (Å²) in [6, 6.07) is 14.7. The van der Waals surface area contributed by atoms with E-state index in [1.165, 1.54) is 24.3 Å². The van der Waals surface area contributed by atoms with Gasteiger partial charge in [-0.15, -0.1) is 11.3 Å². The van der Waals surface area contributed by atoms with Crippen molar-refractivity contribution in [3.8, 4) is 5.75 Å². The van der Waals surface area contributed by atoms with Gasteiger partial charge in [-0.3, -0.25) is 9.52 Å². The van der Waals surface area contributed by atoms with Crippen molar-refractivity contribution in [2.45, 2.75) is 24.1 Å². The average Bonchev–Trinajstić information content (AvgIpc) is 3.17. The van der Waals surface area contributed by atoms with E-state index >= 15 is 0 Å². The van der Waals surface area contributed by atoms with Gasteiger partial charge in [0.05, 0.1) is 17.3 Å². The molecular formula is C20H20N2O4S2. The number of sulfonamides is 1. The monoisotopic (exact) mass is 416 g/mol. The molecule has 1 unspecified atom stereocenters. The van der Waals surface area contributed by atoms with Gasteiger partial charge in [0, 0.05) is 6.07 Å². The minimum absolute atomic E-state index is 0.0690. The van der Waals surface area contributed by atoms with E-state index in [0.717, 1.165) is 22.5 Å². The zero-order valence-corrected chi connectivity index (χ0v) is 17.0. The summed E-state index contributed by atoms with van der Waals surface area (Å²) in [4.78, 5) is 12.5. The molecule has 146 valence electrons. The molecule has 2 aromatic carbocycles. The topological polar surface area (TPSA) is 95.5 Å². The highest BCUT2D eigenvalue weighted by molar-refractivity contribution is 7.94. The molecule has 0 fully saturated rings. The van der Waals surface area contributed by atoms with Crippen LogP contribution in [0.3, 0.4) is 0 Å². The van der Waals surface area contributed by atoms with Crippen LogP contribution in [0, 0.1) is 6.92 Å². The number of phenols is 1. The maximum absolute atomic E-state index is 12.5. The molecule has 0 aliphatic rings. The van der Waals surface area contributed by atoms with Gasteiger partial charge >= 0.3 is 0 Å². The van der Waals surface area contributed by atoms with Crippen molar-refractivity contribution in [2.24, 2.45) is 0 Å². The summed E-state index contributed by atoms with van der Waals surface area (Å²) < 4.78 is 27.1. The van der Waals surface area contributed by atoms with Crippen LogP contribution in [0.2, 0.25) is 0 Å². The predicted molar refractivity (Wildman–Crippen MR) is 110 cm³/mol. The van der Waals surface area contributed by atoms with Crippen molar-refractivity contribution in [1.29, 1.82) is 0 Å². The van der Waals surface area contributed by atoms with Gasteiger partial charge in [0.1, 0.15) is 9.96 Å². The van der Waals surface area contributed by atoms with E-state index in [9.17, 15) is 18.3 Å². The minimum Gasteiger partial charge on any atom is -0.507 e. The molecule has 0 saturated carbocycles. The molecule has 3 rings (SSSR count). The number of anilines is 1. The molecule has 6 nitrogen and oxygen atoms in total. The van der Waals surface area contributed by atoms with Crippen LogP contribution >= 0.6 is 11.3 Å². The maximum Gasteiger partial charge on any atom is 0.271 e. The molecule has 1 atom stereocenters. The summed E-state index contributed by atoms with van der Waals surface area (Å²) >= 11 is 1.09. The molecule has 0 saturated heterocycles. The molecular weight excluding hydrogens is 396 g/mol. The largest absolute Gasteiger partial charge is 0.507 e. The molecule has 0 radical (unpaired) electrons. The standard InChI is InChI=1S/C20H20N2O4S2/c1-13-6-3-4-7-16(13)14(2)21-20(24)17-10-9-15(12-18(17)23)22-28(25,26)19-8-5-11-27-19/h3-12,14,22-23H,1-2H3,(H,21,24). The van der Waals surface area contributed by atoms with Crippen LogP contribution < -0.4 is 10.0 Å². The number of hydrogen-bond donors (Lipinski definition) is 3. The molecule has 3 N–H and O–H groups in total. The first kappa shape index (κ1) is 19.9. The van der Waals surface area contributed by atoms with Gasteiger partial charge < -0.3 is 10.4 Å². The van der Waals surface area contributed by atoms with Crippen molar-refractivity contribution in [2.75, 3.05) is 4.72 Å². The van der Waals surface area contributed by atoms with Crippen LogP contribution in [-0.4, -0.2) is 19.4 Å². The van der Waals surface area contributed by atoms with E-state index in [1.807, 2.05) is 38.1 Å². The Kier molecular flexibility index (Phi) is 5.71. The third-order valence-electron chi connectivity index (χ3n) is 4.26. The smallest absolute Gasteiger partial charge is 0.271 e. The Morgan fingerprint density at radius 2 is 1.86 bits per heavy atom. The summed E-state index contributed by atoms with van der Waals surface area (Å²) in [5.74, 6) is -0.748. The number of carbonyl (C=O) groups excluding carboxylic acids is 1. The maximum atomic E-state index is 12.5. The molecule has 0 bridgehead atoms. The lowest BCUT2D eigenvalue weighted by Gasteiger charge is -2.17. The third kappa shape index (κ3) is 4.35. The minimum atomic E-state index is -3.72. The molecule has 0 spiro atoms. The van der Waals surface area contributed by atoms with Crippen molar-refractivity contribution >= 4 is 33.0 Å². The quantitative estimate of drug-likeness (QED) is 0.565. The number of nitrogens with one attached hydrogen (secondary N) is 2. The van der Waals surface area contributed by atoms with Crippen LogP contribution in [0.4, 0.5) is 5.69 Å². The van der Waals surface area contributed by atoms with Gasteiger partial charge in [-0.05, 0) is 48.6 Å². The van der Waals surface area contributed by atoms with Gasteiger partial charge in [-0.2, -0.15) is 0 Å². The SMILES string of the molecule is Cc1ccccc1C(C)NC(=O)c1ccc(NS(=O)(=O)c2cccs2)cc1O. The number of aryl methyl sites for hydroxylation is 1. The van der Waals surface area contributed by atoms with Crippen LogP contribution in [-0.2, 0) is 10.0 Å². The third-order valence-corrected chi connectivity index (χ3v) is 7.04. The Hall–Kier alpha value is -2.84. The molecule has 1 amide bonds. The number of rotatable bonds is 6. The molecule has 1 aromatic heterocycles. The Morgan fingerprint density at radius 3 is 2.50 bits per heavy atom. The number of carbonyl (C=O) groups is 1. The molecule has 28 heavy (non-hydrogen) atoms. The fourth-order valence-electron chi connectivity index (χ4n) is 2.83. The van der Waals surface area contributed by atoms with Crippen LogP contribution in [0.1, 0.15) is 34.5 Å².